The predicted octanol–water partition coefficient (Wildman–Crippen LogP) is 2.45. The SMILES string of the molecule is Pc1ccccc1C1CCC1. The molecular weight excluding hydrogens is 151 g/mol. The molecule has 1 fully saturated rings. The molecule has 0 aromatic heterocycles. The van der Waals surface area contributed by atoms with Gasteiger partial charge in [0, 0.05) is 0 Å². The summed E-state index contributed by atoms with van der Waals surface area (Å²) < 4.78 is 0. The second kappa shape index (κ2) is 2.95. The van der Waals surface area contributed by atoms with Crippen molar-refractivity contribution in [2.75, 3.05) is 0 Å². The fourth-order valence-electron chi connectivity index (χ4n) is 1.60. The maximum Gasteiger partial charge on any atom is -0.0156 e. The first-order valence-electron chi connectivity index (χ1n) is 4.22. The van der Waals surface area contributed by atoms with Gasteiger partial charge < -0.3 is 0 Å². The summed E-state index contributed by atoms with van der Waals surface area (Å²) in [5, 5.41) is 1.39. The Balaban J connectivity index is 2.28. The first-order valence-corrected chi connectivity index (χ1v) is 4.80. The van der Waals surface area contributed by atoms with E-state index in [1.807, 2.05) is 0 Å². The molecule has 1 saturated carbocycles. The highest BCUT2D eigenvalue weighted by molar-refractivity contribution is 7.27. The Bertz CT molecular complexity index is 251. The highest BCUT2D eigenvalue weighted by Crippen LogP contribution is 2.35. The van der Waals surface area contributed by atoms with E-state index in [1.165, 1.54) is 24.6 Å². The molecule has 1 aliphatic carbocycles. The van der Waals surface area contributed by atoms with Crippen molar-refractivity contribution in [1.82, 2.24) is 0 Å². The van der Waals surface area contributed by atoms with E-state index in [0.29, 0.717) is 0 Å². The summed E-state index contributed by atoms with van der Waals surface area (Å²) in [4.78, 5) is 0. The quantitative estimate of drug-likeness (QED) is 0.559. The van der Waals surface area contributed by atoms with Crippen LogP contribution in [0.5, 0.6) is 0 Å². The molecule has 0 radical (unpaired) electrons. The molecule has 1 unspecified atom stereocenters. The van der Waals surface area contributed by atoms with Crippen molar-refractivity contribution in [2.24, 2.45) is 0 Å². The second-order valence-corrected chi connectivity index (χ2v) is 3.88. The summed E-state index contributed by atoms with van der Waals surface area (Å²) in [6.45, 7) is 0. The zero-order chi connectivity index (χ0) is 7.68. The summed E-state index contributed by atoms with van der Waals surface area (Å²) in [7, 11) is 2.82. The van der Waals surface area contributed by atoms with Gasteiger partial charge in [0.05, 0.1) is 0 Å². The lowest BCUT2D eigenvalue weighted by molar-refractivity contribution is 0.421. The largest absolute Gasteiger partial charge is 0.105 e. The first kappa shape index (κ1) is 7.31. The van der Waals surface area contributed by atoms with Crippen LogP contribution in [-0.2, 0) is 0 Å². The normalized spacial score (nSPS) is 17.9. The van der Waals surface area contributed by atoms with Crippen LogP contribution in [0.4, 0.5) is 0 Å². The monoisotopic (exact) mass is 164 g/mol. The fraction of sp³-hybridized carbons (Fsp3) is 0.400. The van der Waals surface area contributed by atoms with E-state index in [-0.39, 0.29) is 0 Å². The van der Waals surface area contributed by atoms with Crippen LogP contribution >= 0.6 is 9.24 Å². The summed E-state index contributed by atoms with van der Waals surface area (Å²) in [5.74, 6) is 0.865. The highest BCUT2D eigenvalue weighted by Gasteiger charge is 2.20. The molecular formula is C10H13P. The molecule has 1 heteroatoms. The topological polar surface area (TPSA) is 0 Å². The van der Waals surface area contributed by atoms with E-state index in [4.69, 9.17) is 0 Å². The average Bonchev–Trinajstić information content (AvgIpc) is 1.90. The van der Waals surface area contributed by atoms with Gasteiger partial charge in [0.15, 0.2) is 0 Å². The van der Waals surface area contributed by atoms with Gasteiger partial charge in [-0.2, -0.15) is 0 Å². The summed E-state index contributed by atoms with van der Waals surface area (Å²) in [6.07, 6.45) is 4.21. The smallest absolute Gasteiger partial charge is 0.0156 e. The van der Waals surface area contributed by atoms with E-state index in [9.17, 15) is 0 Å². The third kappa shape index (κ3) is 1.32. The maximum atomic E-state index is 2.82. The lowest BCUT2D eigenvalue weighted by Crippen LogP contribution is -2.14. The highest BCUT2D eigenvalue weighted by atomic mass is 31.0. The molecule has 0 bridgehead atoms. The van der Waals surface area contributed by atoms with E-state index in [0.717, 1.165) is 5.92 Å². The van der Waals surface area contributed by atoms with Crippen LogP contribution in [0.1, 0.15) is 30.7 Å². The van der Waals surface area contributed by atoms with Crippen LogP contribution in [0.2, 0.25) is 0 Å². The van der Waals surface area contributed by atoms with Gasteiger partial charge in [-0.25, -0.2) is 0 Å². The van der Waals surface area contributed by atoms with Crippen molar-refractivity contribution in [3.8, 4) is 0 Å². The zero-order valence-corrected chi connectivity index (χ0v) is 7.74. The molecule has 0 saturated heterocycles. The standard InChI is InChI=1S/C10H13P/c11-10-7-2-1-6-9(10)8-4-3-5-8/h1-2,6-8H,3-5,11H2. The van der Waals surface area contributed by atoms with Gasteiger partial charge in [-0.1, -0.05) is 30.7 Å². The van der Waals surface area contributed by atoms with E-state index in [2.05, 4.69) is 33.5 Å². The average molecular weight is 164 g/mol. The van der Waals surface area contributed by atoms with Gasteiger partial charge >= 0.3 is 0 Å². The lowest BCUT2D eigenvalue weighted by Gasteiger charge is -2.26. The number of hydrogen-bond donors (Lipinski definition) is 0. The molecule has 1 atom stereocenters. The molecule has 0 nitrogen and oxygen atoms in total. The Labute approximate surface area is 70.2 Å². The van der Waals surface area contributed by atoms with Crippen LogP contribution in [0.3, 0.4) is 0 Å². The van der Waals surface area contributed by atoms with Crippen molar-refractivity contribution < 1.29 is 0 Å². The van der Waals surface area contributed by atoms with Gasteiger partial charge in [-0.15, -0.1) is 9.24 Å². The Morgan fingerprint density at radius 1 is 1.18 bits per heavy atom. The van der Waals surface area contributed by atoms with Gasteiger partial charge in [0.2, 0.25) is 0 Å². The molecule has 0 N–H and O–H groups in total. The number of benzene rings is 1. The molecule has 58 valence electrons. The third-order valence-electron chi connectivity index (χ3n) is 2.54. The molecule has 1 aromatic rings. The molecule has 0 spiro atoms. The van der Waals surface area contributed by atoms with Crippen LogP contribution in [0.15, 0.2) is 24.3 Å². The molecule has 0 aliphatic heterocycles. The Kier molecular flexibility index (Phi) is 1.96. The van der Waals surface area contributed by atoms with Gasteiger partial charge in [-0.3, -0.25) is 0 Å². The first-order chi connectivity index (χ1) is 5.38. The minimum absolute atomic E-state index is 0.865. The number of hydrogen-bond acceptors (Lipinski definition) is 0. The van der Waals surface area contributed by atoms with Gasteiger partial charge in [0.25, 0.3) is 0 Å². The van der Waals surface area contributed by atoms with Crippen LogP contribution in [0.25, 0.3) is 0 Å². The molecule has 1 aromatic carbocycles. The minimum Gasteiger partial charge on any atom is -0.105 e. The Morgan fingerprint density at radius 3 is 2.45 bits per heavy atom. The van der Waals surface area contributed by atoms with E-state index >= 15 is 0 Å². The third-order valence-corrected chi connectivity index (χ3v) is 3.07. The van der Waals surface area contributed by atoms with Crippen molar-refractivity contribution in [3.05, 3.63) is 29.8 Å². The Morgan fingerprint density at radius 2 is 1.91 bits per heavy atom. The minimum atomic E-state index is 0.865. The summed E-state index contributed by atoms with van der Waals surface area (Å²) in [5.41, 5.74) is 1.55. The van der Waals surface area contributed by atoms with Gasteiger partial charge in [-0.05, 0) is 29.6 Å². The molecule has 0 amide bonds. The van der Waals surface area contributed by atoms with Crippen molar-refractivity contribution in [3.63, 3.8) is 0 Å². The molecule has 2 rings (SSSR count). The summed E-state index contributed by atoms with van der Waals surface area (Å²) >= 11 is 0. The molecule has 11 heavy (non-hydrogen) atoms. The summed E-state index contributed by atoms with van der Waals surface area (Å²) in [6, 6.07) is 8.68. The van der Waals surface area contributed by atoms with Crippen LogP contribution < -0.4 is 5.30 Å². The van der Waals surface area contributed by atoms with Crippen molar-refractivity contribution in [1.29, 1.82) is 0 Å². The molecule has 1 aliphatic rings. The van der Waals surface area contributed by atoms with E-state index in [1.54, 1.807) is 5.56 Å². The Hall–Kier alpha value is -0.350. The second-order valence-electron chi connectivity index (χ2n) is 3.26. The van der Waals surface area contributed by atoms with Crippen LogP contribution in [-0.4, -0.2) is 0 Å². The van der Waals surface area contributed by atoms with Crippen molar-refractivity contribution >= 4 is 14.5 Å². The predicted molar refractivity (Wildman–Crippen MR) is 52.4 cm³/mol. The van der Waals surface area contributed by atoms with Gasteiger partial charge in [0.1, 0.15) is 0 Å². The van der Waals surface area contributed by atoms with Crippen molar-refractivity contribution in [2.45, 2.75) is 25.2 Å². The zero-order valence-electron chi connectivity index (χ0n) is 6.59. The lowest BCUT2D eigenvalue weighted by atomic mass is 9.80. The number of rotatable bonds is 1. The molecule has 0 heterocycles. The maximum absolute atomic E-state index is 2.82. The van der Waals surface area contributed by atoms with E-state index < -0.39 is 0 Å². The van der Waals surface area contributed by atoms with Crippen LogP contribution in [0, 0.1) is 0 Å². The fourth-order valence-corrected chi connectivity index (χ4v) is 2.04.